The first-order valence-electron chi connectivity index (χ1n) is 5.77. The first kappa shape index (κ1) is 11.8. The molecule has 0 saturated carbocycles. The normalized spacial score (nSPS) is 18.4. The fourth-order valence-corrected chi connectivity index (χ4v) is 2.95. The lowest BCUT2D eigenvalue weighted by molar-refractivity contribution is 0.249. The SMILES string of the molecule is CN(C)C1CCN(c2ncc(CN)s2)CC1. The summed E-state index contributed by atoms with van der Waals surface area (Å²) in [5.74, 6) is 0. The topological polar surface area (TPSA) is 45.4 Å². The monoisotopic (exact) mass is 240 g/mol. The Balaban J connectivity index is 1.93. The van der Waals surface area contributed by atoms with Gasteiger partial charge in [-0.25, -0.2) is 4.98 Å². The molecule has 4 nitrogen and oxygen atoms in total. The lowest BCUT2D eigenvalue weighted by Crippen LogP contribution is -2.41. The molecule has 1 aromatic heterocycles. The minimum absolute atomic E-state index is 0.603. The van der Waals surface area contributed by atoms with Crippen LogP contribution in [0.3, 0.4) is 0 Å². The summed E-state index contributed by atoms with van der Waals surface area (Å²) in [5.41, 5.74) is 5.60. The molecule has 1 aliphatic heterocycles. The molecule has 2 rings (SSSR count). The molecule has 0 aliphatic carbocycles. The molecule has 0 aromatic carbocycles. The van der Waals surface area contributed by atoms with Crippen molar-refractivity contribution in [3.63, 3.8) is 0 Å². The van der Waals surface area contributed by atoms with Crippen molar-refractivity contribution >= 4 is 16.5 Å². The van der Waals surface area contributed by atoms with Crippen LogP contribution in [0, 0.1) is 0 Å². The van der Waals surface area contributed by atoms with Crippen LogP contribution in [0.2, 0.25) is 0 Å². The minimum Gasteiger partial charge on any atom is -0.348 e. The van der Waals surface area contributed by atoms with Crippen LogP contribution in [0.4, 0.5) is 5.13 Å². The van der Waals surface area contributed by atoms with E-state index >= 15 is 0 Å². The smallest absolute Gasteiger partial charge is 0.185 e. The van der Waals surface area contributed by atoms with Crippen LogP contribution in [0.25, 0.3) is 0 Å². The van der Waals surface area contributed by atoms with Crippen molar-refractivity contribution < 1.29 is 0 Å². The average Bonchev–Trinajstić information content (AvgIpc) is 2.77. The van der Waals surface area contributed by atoms with Crippen molar-refractivity contribution in [3.8, 4) is 0 Å². The molecule has 16 heavy (non-hydrogen) atoms. The van der Waals surface area contributed by atoms with Crippen LogP contribution in [-0.4, -0.2) is 43.1 Å². The first-order valence-corrected chi connectivity index (χ1v) is 6.58. The molecule has 0 atom stereocenters. The van der Waals surface area contributed by atoms with E-state index in [1.54, 1.807) is 11.3 Å². The molecule has 1 aromatic rings. The van der Waals surface area contributed by atoms with Crippen molar-refractivity contribution in [3.05, 3.63) is 11.1 Å². The van der Waals surface area contributed by atoms with Crippen molar-refractivity contribution in [1.82, 2.24) is 9.88 Å². The number of nitrogens with two attached hydrogens (primary N) is 1. The molecule has 2 N–H and O–H groups in total. The highest BCUT2D eigenvalue weighted by molar-refractivity contribution is 7.15. The Bertz CT molecular complexity index is 328. The van der Waals surface area contributed by atoms with Crippen LogP contribution in [0.5, 0.6) is 0 Å². The van der Waals surface area contributed by atoms with Crippen LogP contribution in [0.1, 0.15) is 17.7 Å². The van der Waals surface area contributed by atoms with E-state index in [2.05, 4.69) is 28.9 Å². The van der Waals surface area contributed by atoms with Crippen molar-refractivity contribution in [2.24, 2.45) is 5.73 Å². The van der Waals surface area contributed by atoms with Crippen LogP contribution in [0.15, 0.2) is 6.20 Å². The number of hydrogen-bond acceptors (Lipinski definition) is 5. The van der Waals surface area contributed by atoms with E-state index < -0.39 is 0 Å². The van der Waals surface area contributed by atoms with Crippen LogP contribution in [-0.2, 0) is 6.54 Å². The fourth-order valence-electron chi connectivity index (χ4n) is 2.11. The van der Waals surface area contributed by atoms with Gasteiger partial charge in [0, 0.05) is 36.8 Å². The van der Waals surface area contributed by atoms with Gasteiger partial charge in [0.05, 0.1) is 0 Å². The highest BCUT2D eigenvalue weighted by Crippen LogP contribution is 2.26. The maximum Gasteiger partial charge on any atom is 0.185 e. The van der Waals surface area contributed by atoms with Gasteiger partial charge in [-0.05, 0) is 26.9 Å². The predicted molar refractivity (Wildman–Crippen MR) is 68.9 cm³/mol. The Labute approximate surface area is 101 Å². The Morgan fingerprint density at radius 3 is 2.69 bits per heavy atom. The van der Waals surface area contributed by atoms with Gasteiger partial charge < -0.3 is 15.5 Å². The molecule has 0 bridgehead atoms. The zero-order valence-corrected chi connectivity index (χ0v) is 10.8. The second-order valence-electron chi connectivity index (χ2n) is 4.50. The second-order valence-corrected chi connectivity index (χ2v) is 5.59. The van der Waals surface area contributed by atoms with E-state index in [1.165, 1.54) is 17.7 Å². The van der Waals surface area contributed by atoms with Gasteiger partial charge in [-0.15, -0.1) is 11.3 Å². The Morgan fingerprint density at radius 1 is 1.50 bits per heavy atom. The number of hydrogen-bond donors (Lipinski definition) is 1. The number of aromatic nitrogens is 1. The molecule has 0 amide bonds. The molecule has 0 radical (unpaired) electrons. The number of anilines is 1. The lowest BCUT2D eigenvalue weighted by Gasteiger charge is -2.35. The predicted octanol–water partition coefficient (Wildman–Crippen LogP) is 1.13. The van der Waals surface area contributed by atoms with Gasteiger partial charge in [0.15, 0.2) is 5.13 Å². The summed E-state index contributed by atoms with van der Waals surface area (Å²) in [6, 6.07) is 0.727. The number of rotatable bonds is 3. The van der Waals surface area contributed by atoms with Crippen LogP contribution >= 0.6 is 11.3 Å². The molecule has 0 spiro atoms. The molecule has 0 unspecified atom stereocenters. The standard InChI is InChI=1S/C11H20N4S/c1-14(2)9-3-5-15(6-4-9)11-13-8-10(7-12)16-11/h8-9H,3-7,12H2,1-2H3. The van der Waals surface area contributed by atoms with Crippen molar-refractivity contribution in [2.45, 2.75) is 25.4 Å². The van der Waals surface area contributed by atoms with E-state index in [0.717, 1.165) is 24.3 Å². The van der Waals surface area contributed by atoms with E-state index in [0.29, 0.717) is 6.54 Å². The molecule has 1 fully saturated rings. The summed E-state index contributed by atoms with van der Waals surface area (Å²) >= 11 is 1.73. The Morgan fingerprint density at radius 2 is 2.19 bits per heavy atom. The van der Waals surface area contributed by atoms with E-state index in [4.69, 9.17) is 5.73 Å². The largest absolute Gasteiger partial charge is 0.348 e. The van der Waals surface area contributed by atoms with Crippen molar-refractivity contribution in [2.75, 3.05) is 32.1 Å². The summed E-state index contributed by atoms with van der Waals surface area (Å²) in [6.07, 6.45) is 4.35. The molecule has 2 heterocycles. The maximum absolute atomic E-state index is 5.60. The summed E-state index contributed by atoms with van der Waals surface area (Å²) in [4.78, 5) is 10.3. The van der Waals surface area contributed by atoms with E-state index in [1.807, 2.05) is 6.20 Å². The van der Waals surface area contributed by atoms with Gasteiger partial charge in [0.1, 0.15) is 0 Å². The average molecular weight is 240 g/mol. The Hall–Kier alpha value is -0.650. The van der Waals surface area contributed by atoms with Gasteiger partial charge in [-0.1, -0.05) is 0 Å². The van der Waals surface area contributed by atoms with Gasteiger partial charge >= 0.3 is 0 Å². The lowest BCUT2D eigenvalue weighted by atomic mass is 10.0. The summed E-state index contributed by atoms with van der Waals surface area (Å²) in [7, 11) is 4.33. The van der Waals surface area contributed by atoms with Gasteiger partial charge in [0.2, 0.25) is 0 Å². The van der Waals surface area contributed by atoms with Gasteiger partial charge in [-0.3, -0.25) is 0 Å². The third-order valence-electron chi connectivity index (χ3n) is 3.21. The molecular weight excluding hydrogens is 220 g/mol. The number of nitrogens with zero attached hydrogens (tertiary/aromatic N) is 3. The minimum atomic E-state index is 0.603. The zero-order chi connectivity index (χ0) is 11.5. The fraction of sp³-hybridized carbons (Fsp3) is 0.727. The summed E-state index contributed by atoms with van der Waals surface area (Å²) < 4.78 is 0. The molecule has 1 aliphatic rings. The summed E-state index contributed by atoms with van der Waals surface area (Å²) in [6.45, 7) is 2.83. The highest BCUT2D eigenvalue weighted by atomic mass is 32.1. The molecular formula is C11H20N4S. The molecule has 90 valence electrons. The highest BCUT2D eigenvalue weighted by Gasteiger charge is 2.22. The van der Waals surface area contributed by atoms with Gasteiger partial charge in [-0.2, -0.15) is 0 Å². The second kappa shape index (κ2) is 5.12. The third kappa shape index (κ3) is 2.53. The molecule has 1 saturated heterocycles. The number of thiazole rings is 1. The van der Waals surface area contributed by atoms with E-state index in [-0.39, 0.29) is 0 Å². The summed E-state index contributed by atoms with van der Waals surface area (Å²) in [5, 5.41) is 1.14. The van der Waals surface area contributed by atoms with E-state index in [9.17, 15) is 0 Å². The maximum atomic E-state index is 5.60. The van der Waals surface area contributed by atoms with Crippen molar-refractivity contribution in [1.29, 1.82) is 0 Å². The third-order valence-corrected chi connectivity index (χ3v) is 4.29. The first-order chi connectivity index (χ1) is 7.70. The van der Waals surface area contributed by atoms with Crippen LogP contribution < -0.4 is 10.6 Å². The Kier molecular flexibility index (Phi) is 3.78. The number of piperidine rings is 1. The zero-order valence-electron chi connectivity index (χ0n) is 10.0. The molecule has 5 heteroatoms. The van der Waals surface area contributed by atoms with Gasteiger partial charge in [0.25, 0.3) is 0 Å². The quantitative estimate of drug-likeness (QED) is 0.860.